The number of aromatic nitrogens is 1. The van der Waals surface area contributed by atoms with Crippen LogP contribution in [0.25, 0.3) is 0 Å². The van der Waals surface area contributed by atoms with Crippen LogP contribution in [0.3, 0.4) is 0 Å². The Balaban J connectivity index is 2.15. The van der Waals surface area contributed by atoms with Crippen molar-refractivity contribution in [2.75, 3.05) is 10.6 Å². The maximum absolute atomic E-state index is 11.5. The first kappa shape index (κ1) is 15.0. The highest BCUT2D eigenvalue weighted by Crippen LogP contribution is 2.24. The lowest BCUT2D eigenvalue weighted by Gasteiger charge is -2.17. The summed E-state index contributed by atoms with van der Waals surface area (Å²) in [6.07, 6.45) is 2.26. The zero-order valence-electron chi connectivity index (χ0n) is 12.7. The Kier molecular flexibility index (Phi) is 4.93. The molecular formula is C17H21N3O. The van der Waals surface area contributed by atoms with Gasteiger partial charge in [0.1, 0.15) is 0 Å². The third-order valence-electron chi connectivity index (χ3n) is 3.35. The summed E-state index contributed by atoms with van der Waals surface area (Å²) in [7, 11) is 0. The van der Waals surface area contributed by atoms with Gasteiger partial charge in [0.05, 0.1) is 11.7 Å². The van der Waals surface area contributed by atoms with E-state index in [1.807, 2.05) is 50.2 Å². The van der Waals surface area contributed by atoms with E-state index in [-0.39, 0.29) is 11.9 Å². The number of nitrogens with one attached hydrogen (secondary N) is 2. The van der Waals surface area contributed by atoms with Crippen molar-refractivity contribution in [2.24, 2.45) is 0 Å². The fourth-order valence-corrected chi connectivity index (χ4v) is 2.04. The van der Waals surface area contributed by atoms with Crippen molar-refractivity contribution >= 4 is 17.3 Å². The second-order valence-corrected chi connectivity index (χ2v) is 5.05. The minimum Gasteiger partial charge on any atom is -0.377 e. The second-order valence-electron chi connectivity index (χ2n) is 5.05. The van der Waals surface area contributed by atoms with Gasteiger partial charge in [-0.05, 0) is 43.7 Å². The largest absolute Gasteiger partial charge is 0.377 e. The molecule has 0 aliphatic heterocycles. The van der Waals surface area contributed by atoms with Crippen LogP contribution in [0.1, 0.15) is 37.6 Å². The number of carbonyl (C=O) groups excluding carboxylic acids is 1. The van der Waals surface area contributed by atoms with E-state index in [0.29, 0.717) is 6.42 Å². The van der Waals surface area contributed by atoms with Crippen LogP contribution in [0.15, 0.2) is 42.6 Å². The Morgan fingerprint density at radius 1 is 1.29 bits per heavy atom. The third kappa shape index (κ3) is 4.05. The van der Waals surface area contributed by atoms with Crippen LogP contribution >= 0.6 is 0 Å². The third-order valence-corrected chi connectivity index (χ3v) is 3.35. The normalized spacial score (nSPS) is 11.8. The lowest BCUT2D eigenvalue weighted by molar-refractivity contribution is -0.115. The summed E-state index contributed by atoms with van der Waals surface area (Å²) in [4.78, 5) is 15.8. The average Bonchev–Trinajstić information content (AvgIpc) is 2.51. The molecule has 0 saturated carbocycles. The van der Waals surface area contributed by atoms with E-state index >= 15 is 0 Å². The summed E-state index contributed by atoms with van der Waals surface area (Å²) in [6, 6.07) is 11.9. The molecule has 1 aromatic carbocycles. The fourth-order valence-electron chi connectivity index (χ4n) is 2.04. The Hall–Kier alpha value is -2.36. The summed E-state index contributed by atoms with van der Waals surface area (Å²) in [5.74, 6) is 0.0163. The van der Waals surface area contributed by atoms with Crippen molar-refractivity contribution < 1.29 is 4.79 Å². The molecule has 0 aliphatic carbocycles. The first-order valence-electron chi connectivity index (χ1n) is 7.18. The van der Waals surface area contributed by atoms with Crippen LogP contribution < -0.4 is 10.6 Å². The first-order chi connectivity index (χ1) is 10.1. The number of pyridine rings is 1. The maximum atomic E-state index is 11.5. The van der Waals surface area contributed by atoms with Gasteiger partial charge in [-0.15, -0.1) is 0 Å². The summed E-state index contributed by atoms with van der Waals surface area (Å²) < 4.78 is 0. The van der Waals surface area contributed by atoms with Crippen molar-refractivity contribution in [2.45, 2.75) is 33.2 Å². The van der Waals surface area contributed by atoms with E-state index in [1.54, 1.807) is 6.20 Å². The second kappa shape index (κ2) is 6.88. The number of hydrogen-bond donors (Lipinski definition) is 2. The summed E-state index contributed by atoms with van der Waals surface area (Å²) in [5.41, 5.74) is 3.93. The van der Waals surface area contributed by atoms with Gasteiger partial charge in [0.25, 0.3) is 0 Å². The molecule has 1 heterocycles. The Bertz CT molecular complexity index is 611. The van der Waals surface area contributed by atoms with Crippen LogP contribution in [0.4, 0.5) is 11.4 Å². The SMILES string of the molecule is CCC(=O)Nc1ccc(C)c(NC(C)c2ccccn2)c1. The van der Waals surface area contributed by atoms with Gasteiger partial charge in [0.2, 0.25) is 5.91 Å². The molecule has 0 radical (unpaired) electrons. The Labute approximate surface area is 125 Å². The van der Waals surface area contributed by atoms with Crippen LogP contribution in [-0.2, 0) is 4.79 Å². The highest BCUT2D eigenvalue weighted by molar-refractivity contribution is 5.91. The van der Waals surface area contributed by atoms with Crippen molar-refractivity contribution in [1.82, 2.24) is 4.98 Å². The molecule has 2 rings (SSSR count). The molecule has 4 nitrogen and oxygen atoms in total. The minimum absolute atomic E-state index is 0.0163. The van der Waals surface area contributed by atoms with Gasteiger partial charge < -0.3 is 10.6 Å². The number of rotatable bonds is 5. The topological polar surface area (TPSA) is 54.0 Å². The molecule has 21 heavy (non-hydrogen) atoms. The maximum Gasteiger partial charge on any atom is 0.224 e. The van der Waals surface area contributed by atoms with E-state index in [2.05, 4.69) is 22.5 Å². The van der Waals surface area contributed by atoms with E-state index in [9.17, 15) is 4.79 Å². The molecular weight excluding hydrogens is 262 g/mol. The molecule has 110 valence electrons. The molecule has 4 heteroatoms. The zero-order valence-corrected chi connectivity index (χ0v) is 12.7. The van der Waals surface area contributed by atoms with Gasteiger partial charge in [-0.3, -0.25) is 9.78 Å². The van der Waals surface area contributed by atoms with Gasteiger partial charge in [0.15, 0.2) is 0 Å². The van der Waals surface area contributed by atoms with E-state index in [4.69, 9.17) is 0 Å². The molecule has 0 bridgehead atoms. The number of hydrogen-bond acceptors (Lipinski definition) is 3. The zero-order chi connectivity index (χ0) is 15.2. The molecule has 0 spiro atoms. The number of anilines is 2. The van der Waals surface area contributed by atoms with Crippen molar-refractivity contribution in [1.29, 1.82) is 0 Å². The van der Waals surface area contributed by atoms with Crippen LogP contribution in [-0.4, -0.2) is 10.9 Å². The molecule has 0 fully saturated rings. The predicted octanol–water partition coefficient (Wildman–Crippen LogP) is 3.91. The smallest absolute Gasteiger partial charge is 0.224 e. The number of nitrogens with zero attached hydrogens (tertiary/aromatic N) is 1. The molecule has 1 aromatic heterocycles. The lowest BCUT2D eigenvalue weighted by atomic mass is 10.1. The number of carbonyl (C=O) groups is 1. The quantitative estimate of drug-likeness (QED) is 0.874. The van der Waals surface area contributed by atoms with E-state index in [1.165, 1.54) is 0 Å². The molecule has 1 atom stereocenters. The predicted molar refractivity (Wildman–Crippen MR) is 86.4 cm³/mol. The molecule has 2 aromatic rings. The van der Waals surface area contributed by atoms with Gasteiger partial charge in [-0.25, -0.2) is 0 Å². The van der Waals surface area contributed by atoms with Gasteiger partial charge in [0, 0.05) is 24.0 Å². The highest BCUT2D eigenvalue weighted by atomic mass is 16.1. The number of amides is 1. The molecule has 0 aliphatic rings. The molecule has 1 amide bonds. The fraction of sp³-hybridized carbons (Fsp3) is 0.294. The average molecular weight is 283 g/mol. The standard InChI is InChI=1S/C17H21N3O/c1-4-17(21)20-14-9-8-12(2)16(11-14)19-13(3)15-7-5-6-10-18-15/h5-11,13,19H,4H2,1-3H3,(H,20,21). The monoisotopic (exact) mass is 283 g/mol. The minimum atomic E-state index is 0.0163. The Morgan fingerprint density at radius 3 is 2.76 bits per heavy atom. The Morgan fingerprint density at radius 2 is 2.10 bits per heavy atom. The molecule has 2 N–H and O–H groups in total. The van der Waals surface area contributed by atoms with Crippen molar-refractivity contribution in [3.05, 3.63) is 53.9 Å². The summed E-state index contributed by atoms with van der Waals surface area (Å²) >= 11 is 0. The van der Waals surface area contributed by atoms with E-state index < -0.39 is 0 Å². The van der Waals surface area contributed by atoms with Gasteiger partial charge >= 0.3 is 0 Å². The van der Waals surface area contributed by atoms with Gasteiger partial charge in [-0.2, -0.15) is 0 Å². The molecule has 0 saturated heterocycles. The summed E-state index contributed by atoms with van der Waals surface area (Å²) in [6.45, 7) is 5.95. The molecule has 1 unspecified atom stereocenters. The number of benzene rings is 1. The van der Waals surface area contributed by atoms with E-state index in [0.717, 1.165) is 22.6 Å². The number of aryl methyl sites for hydroxylation is 1. The van der Waals surface area contributed by atoms with Crippen LogP contribution in [0.2, 0.25) is 0 Å². The van der Waals surface area contributed by atoms with Crippen LogP contribution in [0, 0.1) is 6.92 Å². The van der Waals surface area contributed by atoms with Crippen LogP contribution in [0.5, 0.6) is 0 Å². The van der Waals surface area contributed by atoms with Crippen molar-refractivity contribution in [3.8, 4) is 0 Å². The van der Waals surface area contributed by atoms with Gasteiger partial charge in [-0.1, -0.05) is 19.1 Å². The summed E-state index contributed by atoms with van der Waals surface area (Å²) in [5, 5.41) is 6.32. The van der Waals surface area contributed by atoms with Crippen molar-refractivity contribution in [3.63, 3.8) is 0 Å². The first-order valence-corrected chi connectivity index (χ1v) is 7.18. The lowest BCUT2D eigenvalue weighted by Crippen LogP contribution is -2.12. The highest BCUT2D eigenvalue weighted by Gasteiger charge is 2.09.